The van der Waals surface area contributed by atoms with Crippen LogP contribution in [0.1, 0.15) is 37.6 Å². The van der Waals surface area contributed by atoms with Crippen molar-refractivity contribution in [3.63, 3.8) is 0 Å². The van der Waals surface area contributed by atoms with E-state index >= 15 is 0 Å². The van der Waals surface area contributed by atoms with E-state index in [1.165, 1.54) is 34.2 Å². The number of carbonyl (C=O) groups excluding carboxylic acids is 1. The largest absolute Gasteiger partial charge is 0.293 e. The van der Waals surface area contributed by atoms with Gasteiger partial charge in [0, 0.05) is 5.56 Å². The normalized spacial score (nSPS) is 10.8. The van der Waals surface area contributed by atoms with Crippen LogP contribution >= 0.6 is 23.1 Å². The van der Waals surface area contributed by atoms with E-state index in [-0.39, 0.29) is 5.78 Å². The zero-order valence-corrected chi connectivity index (χ0v) is 14.0. The molecular formula is C15H18N2OS2. The fraction of sp³-hybridized carbons (Fsp3) is 0.400. The third kappa shape index (κ3) is 3.10. The maximum Gasteiger partial charge on any atom is 0.174 e. The van der Waals surface area contributed by atoms with Gasteiger partial charge in [0.2, 0.25) is 0 Å². The van der Waals surface area contributed by atoms with Crippen molar-refractivity contribution in [1.82, 2.24) is 10.2 Å². The number of rotatable bonds is 4. The van der Waals surface area contributed by atoms with Crippen LogP contribution in [0.15, 0.2) is 10.4 Å². The SMILES string of the molecule is Cc1nnc(SCC(=O)c2c(C)c(C)cc(C)c2C)s1. The Morgan fingerprint density at radius 3 is 2.20 bits per heavy atom. The third-order valence-corrected chi connectivity index (χ3v) is 5.45. The molecule has 0 amide bonds. The summed E-state index contributed by atoms with van der Waals surface area (Å²) in [6.45, 7) is 10.1. The average molecular weight is 306 g/mol. The summed E-state index contributed by atoms with van der Waals surface area (Å²) < 4.78 is 0.857. The molecule has 0 aliphatic heterocycles. The highest BCUT2D eigenvalue weighted by Gasteiger charge is 2.16. The summed E-state index contributed by atoms with van der Waals surface area (Å²) in [7, 11) is 0. The third-order valence-electron chi connectivity index (χ3n) is 3.48. The summed E-state index contributed by atoms with van der Waals surface area (Å²) >= 11 is 3.00. The van der Waals surface area contributed by atoms with E-state index < -0.39 is 0 Å². The lowest BCUT2D eigenvalue weighted by molar-refractivity contribution is 0.102. The molecule has 106 valence electrons. The number of ketones is 1. The molecule has 2 aromatic rings. The Morgan fingerprint density at radius 1 is 1.10 bits per heavy atom. The molecule has 0 fully saturated rings. The quantitative estimate of drug-likeness (QED) is 0.631. The first kappa shape index (κ1) is 15.2. The van der Waals surface area contributed by atoms with Crippen LogP contribution in [0.3, 0.4) is 0 Å². The molecule has 0 aliphatic carbocycles. The van der Waals surface area contributed by atoms with Crippen LogP contribution in [0.2, 0.25) is 0 Å². The lowest BCUT2D eigenvalue weighted by Gasteiger charge is -2.13. The van der Waals surface area contributed by atoms with E-state index in [0.29, 0.717) is 5.75 Å². The number of aryl methyl sites for hydroxylation is 3. The minimum Gasteiger partial charge on any atom is -0.293 e. The van der Waals surface area contributed by atoms with Crippen molar-refractivity contribution < 1.29 is 4.79 Å². The van der Waals surface area contributed by atoms with Crippen molar-refractivity contribution in [3.8, 4) is 0 Å². The van der Waals surface area contributed by atoms with Gasteiger partial charge < -0.3 is 0 Å². The van der Waals surface area contributed by atoms with Crippen LogP contribution in [0.25, 0.3) is 0 Å². The Labute approximate surface area is 127 Å². The Hall–Kier alpha value is -1.20. The van der Waals surface area contributed by atoms with E-state index in [1.54, 1.807) is 0 Å². The Morgan fingerprint density at radius 2 is 1.70 bits per heavy atom. The molecule has 3 nitrogen and oxygen atoms in total. The van der Waals surface area contributed by atoms with Gasteiger partial charge in [-0.3, -0.25) is 4.79 Å². The number of aromatic nitrogens is 2. The smallest absolute Gasteiger partial charge is 0.174 e. The molecule has 0 spiro atoms. The maximum absolute atomic E-state index is 12.5. The first-order valence-electron chi connectivity index (χ1n) is 6.43. The van der Waals surface area contributed by atoms with E-state index in [4.69, 9.17) is 0 Å². The number of hydrogen-bond donors (Lipinski definition) is 0. The predicted molar refractivity (Wildman–Crippen MR) is 85.1 cm³/mol. The molecule has 0 radical (unpaired) electrons. The molecule has 0 atom stereocenters. The van der Waals surface area contributed by atoms with Crippen LogP contribution in [0.4, 0.5) is 0 Å². The van der Waals surface area contributed by atoms with Gasteiger partial charge in [-0.05, 0) is 56.9 Å². The molecule has 20 heavy (non-hydrogen) atoms. The summed E-state index contributed by atoms with van der Waals surface area (Å²) in [5.41, 5.74) is 5.40. The van der Waals surface area contributed by atoms with Crippen molar-refractivity contribution in [3.05, 3.63) is 38.9 Å². The van der Waals surface area contributed by atoms with Gasteiger partial charge in [-0.1, -0.05) is 29.2 Å². The van der Waals surface area contributed by atoms with Crippen LogP contribution in [-0.4, -0.2) is 21.7 Å². The van der Waals surface area contributed by atoms with Crippen LogP contribution in [0, 0.1) is 34.6 Å². The number of hydrogen-bond acceptors (Lipinski definition) is 5. The predicted octanol–water partition coefficient (Wildman–Crippen LogP) is 4.06. The van der Waals surface area contributed by atoms with Gasteiger partial charge in [-0.2, -0.15) is 0 Å². The van der Waals surface area contributed by atoms with Crippen LogP contribution in [0.5, 0.6) is 0 Å². The Bertz CT molecular complexity index is 636. The maximum atomic E-state index is 12.5. The molecule has 0 unspecified atom stereocenters. The van der Waals surface area contributed by atoms with Crippen molar-refractivity contribution in [2.45, 2.75) is 39.0 Å². The molecule has 2 rings (SSSR count). The fourth-order valence-electron chi connectivity index (χ4n) is 2.17. The summed E-state index contributed by atoms with van der Waals surface area (Å²) in [6, 6.07) is 2.14. The highest BCUT2D eigenvalue weighted by Crippen LogP contribution is 2.26. The standard InChI is InChI=1S/C15H18N2OS2/c1-8-6-9(2)11(4)14(10(8)3)13(18)7-19-15-17-16-12(5)20-15/h6H,7H2,1-5H3. The van der Waals surface area contributed by atoms with Crippen LogP contribution in [-0.2, 0) is 0 Å². The molecule has 1 aromatic heterocycles. The summed E-state index contributed by atoms with van der Waals surface area (Å²) in [5.74, 6) is 0.587. The number of thioether (sulfide) groups is 1. The van der Waals surface area contributed by atoms with E-state index in [0.717, 1.165) is 26.0 Å². The van der Waals surface area contributed by atoms with E-state index in [9.17, 15) is 4.79 Å². The monoisotopic (exact) mass is 306 g/mol. The zero-order valence-electron chi connectivity index (χ0n) is 12.4. The minimum atomic E-state index is 0.171. The molecule has 5 heteroatoms. The molecule has 0 bridgehead atoms. The van der Waals surface area contributed by atoms with Gasteiger partial charge in [-0.25, -0.2) is 0 Å². The number of Topliss-reactive ketones (excluding diaryl/α,β-unsaturated/α-hetero) is 1. The van der Waals surface area contributed by atoms with Gasteiger partial charge in [0.25, 0.3) is 0 Å². The van der Waals surface area contributed by atoms with E-state index in [1.807, 2.05) is 20.8 Å². The second-order valence-corrected chi connectivity index (χ2v) is 7.34. The van der Waals surface area contributed by atoms with Crippen molar-refractivity contribution in [2.24, 2.45) is 0 Å². The second kappa shape index (κ2) is 6.06. The Kier molecular flexibility index (Phi) is 4.60. The van der Waals surface area contributed by atoms with Gasteiger partial charge >= 0.3 is 0 Å². The summed E-state index contributed by atoms with van der Waals surface area (Å²) in [6.07, 6.45) is 0. The highest BCUT2D eigenvalue weighted by atomic mass is 32.2. The number of nitrogens with zero attached hydrogens (tertiary/aromatic N) is 2. The molecule has 1 aromatic carbocycles. The Balaban J connectivity index is 2.21. The molecule has 1 heterocycles. The average Bonchev–Trinajstić information content (AvgIpc) is 2.80. The second-order valence-electron chi connectivity index (χ2n) is 4.93. The molecule has 0 N–H and O–H groups in total. The fourth-order valence-corrected chi connectivity index (χ4v) is 3.86. The van der Waals surface area contributed by atoms with E-state index in [2.05, 4.69) is 30.1 Å². The van der Waals surface area contributed by atoms with Gasteiger partial charge in [0.05, 0.1) is 5.75 Å². The number of carbonyl (C=O) groups is 1. The lowest BCUT2D eigenvalue weighted by Crippen LogP contribution is -2.09. The van der Waals surface area contributed by atoms with Crippen LogP contribution < -0.4 is 0 Å². The van der Waals surface area contributed by atoms with Gasteiger partial charge in [-0.15, -0.1) is 10.2 Å². The van der Waals surface area contributed by atoms with Gasteiger partial charge in [0.1, 0.15) is 5.01 Å². The highest BCUT2D eigenvalue weighted by molar-refractivity contribution is 8.01. The first-order valence-corrected chi connectivity index (χ1v) is 8.24. The summed E-state index contributed by atoms with van der Waals surface area (Å²) in [4.78, 5) is 12.5. The van der Waals surface area contributed by atoms with Crippen molar-refractivity contribution in [1.29, 1.82) is 0 Å². The van der Waals surface area contributed by atoms with Crippen molar-refractivity contribution >= 4 is 28.9 Å². The zero-order chi connectivity index (χ0) is 14.9. The first-order chi connectivity index (χ1) is 9.40. The van der Waals surface area contributed by atoms with Crippen molar-refractivity contribution in [2.75, 3.05) is 5.75 Å². The molecule has 0 saturated heterocycles. The molecule has 0 saturated carbocycles. The lowest BCUT2D eigenvalue weighted by atomic mass is 9.92. The minimum absolute atomic E-state index is 0.171. The topological polar surface area (TPSA) is 42.9 Å². The molecule has 0 aliphatic rings. The van der Waals surface area contributed by atoms with Gasteiger partial charge in [0.15, 0.2) is 10.1 Å². The summed E-state index contributed by atoms with van der Waals surface area (Å²) in [5, 5.41) is 8.94. The number of benzene rings is 1. The molecular weight excluding hydrogens is 288 g/mol.